The Bertz CT molecular complexity index is 417. The predicted octanol–water partition coefficient (Wildman–Crippen LogP) is 2.86. The lowest BCUT2D eigenvalue weighted by Gasteiger charge is -2.28. The van der Waals surface area contributed by atoms with E-state index in [-0.39, 0.29) is 5.92 Å². The monoisotopic (exact) mass is 214 g/mol. The third-order valence-electron chi connectivity index (χ3n) is 2.91. The molecule has 1 unspecified atom stereocenters. The van der Waals surface area contributed by atoms with Crippen molar-refractivity contribution in [1.82, 2.24) is 0 Å². The molecule has 2 N–H and O–H groups in total. The Balaban J connectivity index is 3.29. The van der Waals surface area contributed by atoms with Gasteiger partial charge in [-0.1, -0.05) is 50.3 Å². The zero-order chi connectivity index (χ0) is 12.2. The first kappa shape index (κ1) is 12.5. The molecule has 0 aromatic heterocycles. The van der Waals surface area contributed by atoms with Crippen molar-refractivity contribution in [3.8, 4) is 6.07 Å². The summed E-state index contributed by atoms with van der Waals surface area (Å²) in [5.74, 6) is 0.0731. The van der Waals surface area contributed by atoms with Gasteiger partial charge in [-0.15, -0.1) is 0 Å². The van der Waals surface area contributed by atoms with Crippen molar-refractivity contribution in [3.05, 3.63) is 47.6 Å². The van der Waals surface area contributed by atoms with Crippen LogP contribution in [0.5, 0.6) is 0 Å². The number of hydrogen-bond acceptors (Lipinski definition) is 2. The Kier molecular flexibility index (Phi) is 3.87. The zero-order valence-corrected chi connectivity index (χ0v) is 10.1. The molecule has 1 atom stereocenters. The van der Waals surface area contributed by atoms with Gasteiger partial charge in [0.1, 0.15) is 5.54 Å². The molecule has 0 fully saturated rings. The summed E-state index contributed by atoms with van der Waals surface area (Å²) in [7, 11) is 0. The Labute approximate surface area is 97.5 Å². The first-order valence-corrected chi connectivity index (χ1v) is 5.45. The van der Waals surface area contributed by atoms with E-state index in [1.54, 1.807) is 0 Å². The van der Waals surface area contributed by atoms with Crippen molar-refractivity contribution in [2.24, 2.45) is 11.7 Å². The van der Waals surface area contributed by atoms with Crippen LogP contribution in [0.25, 0.3) is 0 Å². The van der Waals surface area contributed by atoms with Gasteiger partial charge in [0.05, 0.1) is 6.07 Å². The molecular formula is C14H18N2. The van der Waals surface area contributed by atoms with Crippen molar-refractivity contribution in [3.63, 3.8) is 0 Å². The third kappa shape index (κ3) is 2.32. The van der Waals surface area contributed by atoms with Crippen LogP contribution in [-0.2, 0) is 0 Å². The quantitative estimate of drug-likeness (QED) is 0.768. The molecule has 0 amide bonds. The molecule has 2 heteroatoms. The van der Waals surface area contributed by atoms with E-state index in [1.807, 2.05) is 57.2 Å². The van der Waals surface area contributed by atoms with E-state index in [9.17, 15) is 5.26 Å². The molecule has 1 aliphatic carbocycles. The molecule has 84 valence electrons. The van der Waals surface area contributed by atoms with Crippen LogP contribution in [0.4, 0.5) is 0 Å². The van der Waals surface area contributed by atoms with Crippen LogP contribution in [0, 0.1) is 17.2 Å². The van der Waals surface area contributed by atoms with Gasteiger partial charge < -0.3 is 5.73 Å². The molecule has 1 rings (SSSR count). The molecular weight excluding hydrogens is 196 g/mol. The van der Waals surface area contributed by atoms with Crippen molar-refractivity contribution in [2.75, 3.05) is 0 Å². The fourth-order valence-corrected chi connectivity index (χ4v) is 1.67. The Hall–Kier alpha value is -1.59. The van der Waals surface area contributed by atoms with Crippen LogP contribution < -0.4 is 5.73 Å². The molecule has 0 aromatic rings. The average molecular weight is 214 g/mol. The second kappa shape index (κ2) is 4.96. The van der Waals surface area contributed by atoms with E-state index in [0.29, 0.717) is 0 Å². The van der Waals surface area contributed by atoms with Crippen LogP contribution in [0.1, 0.15) is 20.8 Å². The maximum absolute atomic E-state index is 9.30. The Morgan fingerprint density at radius 1 is 1.19 bits per heavy atom. The highest BCUT2D eigenvalue weighted by atomic mass is 14.8. The summed E-state index contributed by atoms with van der Waals surface area (Å²) in [4.78, 5) is 0. The SMILES string of the molecule is CC1=C(C(N)(C#N)C(C)C)C=CC=CC=C1. The summed E-state index contributed by atoms with van der Waals surface area (Å²) in [6.07, 6.45) is 11.7. The van der Waals surface area contributed by atoms with Crippen LogP contribution in [-0.4, -0.2) is 5.54 Å². The summed E-state index contributed by atoms with van der Waals surface area (Å²) < 4.78 is 0. The van der Waals surface area contributed by atoms with Gasteiger partial charge >= 0.3 is 0 Å². The molecule has 1 aliphatic rings. The molecule has 16 heavy (non-hydrogen) atoms. The third-order valence-corrected chi connectivity index (χ3v) is 2.91. The van der Waals surface area contributed by atoms with Gasteiger partial charge in [-0.25, -0.2) is 0 Å². The summed E-state index contributed by atoms with van der Waals surface area (Å²) in [6.45, 7) is 5.92. The Morgan fingerprint density at radius 2 is 1.75 bits per heavy atom. The molecule has 0 spiro atoms. The van der Waals surface area contributed by atoms with Crippen LogP contribution >= 0.6 is 0 Å². The second-order valence-corrected chi connectivity index (χ2v) is 4.34. The maximum Gasteiger partial charge on any atom is 0.132 e. The molecule has 0 saturated carbocycles. The van der Waals surface area contributed by atoms with E-state index in [4.69, 9.17) is 5.73 Å². The highest BCUT2D eigenvalue weighted by Crippen LogP contribution is 2.27. The highest BCUT2D eigenvalue weighted by molar-refractivity contribution is 5.47. The van der Waals surface area contributed by atoms with Crippen molar-refractivity contribution in [1.29, 1.82) is 5.26 Å². The molecule has 0 heterocycles. The molecule has 0 radical (unpaired) electrons. The summed E-state index contributed by atoms with van der Waals surface area (Å²) in [6, 6.07) is 2.24. The maximum atomic E-state index is 9.30. The largest absolute Gasteiger partial charge is 0.309 e. The number of hydrogen-bond donors (Lipinski definition) is 1. The zero-order valence-electron chi connectivity index (χ0n) is 10.1. The van der Waals surface area contributed by atoms with Crippen molar-refractivity contribution < 1.29 is 0 Å². The number of allylic oxidation sites excluding steroid dienone is 6. The van der Waals surface area contributed by atoms with Crippen LogP contribution in [0.15, 0.2) is 47.6 Å². The van der Waals surface area contributed by atoms with Gasteiger partial charge in [0.2, 0.25) is 0 Å². The summed E-state index contributed by atoms with van der Waals surface area (Å²) >= 11 is 0. The van der Waals surface area contributed by atoms with Crippen molar-refractivity contribution >= 4 is 0 Å². The van der Waals surface area contributed by atoms with Gasteiger partial charge in [0.15, 0.2) is 0 Å². The van der Waals surface area contributed by atoms with Gasteiger partial charge in [0.25, 0.3) is 0 Å². The van der Waals surface area contributed by atoms with E-state index in [0.717, 1.165) is 11.1 Å². The number of nitrogens with zero attached hydrogens (tertiary/aromatic N) is 1. The number of nitrogens with two attached hydrogens (primary N) is 1. The van der Waals surface area contributed by atoms with E-state index in [2.05, 4.69) is 6.07 Å². The van der Waals surface area contributed by atoms with Gasteiger partial charge in [0, 0.05) is 0 Å². The van der Waals surface area contributed by atoms with E-state index >= 15 is 0 Å². The first-order valence-electron chi connectivity index (χ1n) is 5.45. The van der Waals surface area contributed by atoms with Crippen molar-refractivity contribution in [2.45, 2.75) is 26.3 Å². The predicted molar refractivity (Wildman–Crippen MR) is 67.5 cm³/mol. The first-order chi connectivity index (χ1) is 7.52. The smallest absolute Gasteiger partial charge is 0.132 e. The molecule has 2 nitrogen and oxygen atoms in total. The van der Waals surface area contributed by atoms with E-state index < -0.39 is 5.54 Å². The van der Waals surface area contributed by atoms with Gasteiger partial charge in [-0.05, 0) is 24.0 Å². The fourth-order valence-electron chi connectivity index (χ4n) is 1.67. The lowest BCUT2D eigenvalue weighted by molar-refractivity contribution is 0.458. The average Bonchev–Trinajstić information content (AvgIpc) is 2.23. The summed E-state index contributed by atoms with van der Waals surface area (Å²) in [5.41, 5.74) is 7.21. The highest BCUT2D eigenvalue weighted by Gasteiger charge is 2.33. The topological polar surface area (TPSA) is 49.8 Å². The summed E-state index contributed by atoms with van der Waals surface area (Å²) in [5, 5.41) is 9.30. The normalized spacial score (nSPS) is 19.2. The lowest BCUT2D eigenvalue weighted by atomic mass is 9.79. The molecule has 0 aliphatic heterocycles. The molecule has 0 aromatic carbocycles. The van der Waals surface area contributed by atoms with Gasteiger partial charge in [-0.2, -0.15) is 5.26 Å². The molecule has 0 bridgehead atoms. The standard InChI is InChI=1S/C14H18N2/c1-11(2)14(16,10-15)13-9-7-5-4-6-8-12(13)3/h4-9,11H,16H2,1-3H3. The minimum Gasteiger partial charge on any atom is -0.309 e. The number of nitriles is 1. The molecule has 0 saturated heterocycles. The second-order valence-electron chi connectivity index (χ2n) is 4.34. The minimum absolute atomic E-state index is 0.0731. The Morgan fingerprint density at radius 3 is 2.25 bits per heavy atom. The lowest BCUT2D eigenvalue weighted by Crippen LogP contribution is -2.45. The van der Waals surface area contributed by atoms with Gasteiger partial charge in [-0.3, -0.25) is 0 Å². The minimum atomic E-state index is -0.921. The van der Waals surface area contributed by atoms with Crippen LogP contribution in [0.3, 0.4) is 0 Å². The fraction of sp³-hybridized carbons (Fsp3) is 0.357. The number of rotatable bonds is 2. The van der Waals surface area contributed by atoms with E-state index in [1.165, 1.54) is 0 Å². The van der Waals surface area contributed by atoms with Crippen LogP contribution in [0.2, 0.25) is 0 Å².